The number of nitrogens with one attached hydrogen (secondary N) is 1. The fourth-order valence-electron chi connectivity index (χ4n) is 1.79. The second-order valence-corrected chi connectivity index (χ2v) is 4.67. The molecule has 20 heavy (non-hydrogen) atoms. The van der Waals surface area contributed by atoms with E-state index in [1.807, 2.05) is 6.92 Å². The summed E-state index contributed by atoms with van der Waals surface area (Å²) in [6.45, 7) is 1.90. The van der Waals surface area contributed by atoms with Crippen LogP contribution in [0, 0.1) is 0 Å². The van der Waals surface area contributed by atoms with E-state index in [1.54, 1.807) is 12.1 Å². The van der Waals surface area contributed by atoms with Gasteiger partial charge in [0.25, 0.3) is 0 Å². The molecule has 0 saturated carbocycles. The molecule has 6 heteroatoms. The van der Waals surface area contributed by atoms with Crippen molar-refractivity contribution < 1.29 is 19.8 Å². The zero-order valence-electron chi connectivity index (χ0n) is 11.4. The van der Waals surface area contributed by atoms with Crippen LogP contribution in [0.5, 0.6) is 5.75 Å². The highest BCUT2D eigenvalue weighted by atomic mass is 16.4. The lowest BCUT2D eigenvalue weighted by molar-refractivity contribution is -0.142. The number of nitrogens with two attached hydrogens (primary N) is 1. The minimum absolute atomic E-state index is 0.106. The van der Waals surface area contributed by atoms with Crippen LogP contribution in [0.15, 0.2) is 24.3 Å². The number of carboxylic acids is 1. The van der Waals surface area contributed by atoms with Crippen molar-refractivity contribution in [3.63, 3.8) is 0 Å². The molecule has 2 atom stereocenters. The largest absolute Gasteiger partial charge is 0.508 e. The Labute approximate surface area is 117 Å². The van der Waals surface area contributed by atoms with Crippen molar-refractivity contribution in [2.45, 2.75) is 38.3 Å². The highest BCUT2D eigenvalue weighted by Gasteiger charge is 2.23. The van der Waals surface area contributed by atoms with Crippen LogP contribution in [-0.2, 0) is 16.0 Å². The molecule has 0 aromatic heterocycles. The lowest BCUT2D eigenvalue weighted by Crippen LogP contribution is -2.49. The Kier molecular flexibility index (Phi) is 5.99. The third-order valence-electron chi connectivity index (χ3n) is 2.93. The number of amides is 1. The minimum Gasteiger partial charge on any atom is -0.508 e. The first kappa shape index (κ1) is 16.0. The third kappa shape index (κ3) is 4.89. The number of hydrogen-bond donors (Lipinski definition) is 4. The molecule has 0 spiro atoms. The maximum Gasteiger partial charge on any atom is 0.326 e. The van der Waals surface area contributed by atoms with E-state index in [2.05, 4.69) is 5.32 Å². The van der Waals surface area contributed by atoms with Gasteiger partial charge in [-0.3, -0.25) is 4.79 Å². The van der Waals surface area contributed by atoms with Crippen LogP contribution in [0.1, 0.15) is 25.3 Å². The Morgan fingerprint density at radius 2 is 1.90 bits per heavy atom. The number of carbonyl (C=O) groups excluding carboxylic acids is 1. The van der Waals surface area contributed by atoms with Crippen LogP contribution in [0.4, 0.5) is 0 Å². The van der Waals surface area contributed by atoms with Crippen LogP contribution in [-0.4, -0.2) is 34.2 Å². The molecular weight excluding hydrogens is 260 g/mol. The van der Waals surface area contributed by atoms with E-state index < -0.39 is 24.0 Å². The van der Waals surface area contributed by atoms with E-state index in [-0.39, 0.29) is 12.2 Å². The summed E-state index contributed by atoms with van der Waals surface area (Å²) in [6.07, 6.45) is 1.40. The van der Waals surface area contributed by atoms with Crippen molar-refractivity contribution in [2.75, 3.05) is 0 Å². The van der Waals surface area contributed by atoms with Gasteiger partial charge in [-0.2, -0.15) is 0 Å². The van der Waals surface area contributed by atoms with Crippen LogP contribution in [0.2, 0.25) is 0 Å². The predicted molar refractivity (Wildman–Crippen MR) is 74.3 cm³/mol. The normalized spacial score (nSPS) is 13.5. The summed E-state index contributed by atoms with van der Waals surface area (Å²) < 4.78 is 0. The number of phenols is 1. The second-order valence-electron chi connectivity index (χ2n) is 4.67. The van der Waals surface area contributed by atoms with Crippen LogP contribution in [0.3, 0.4) is 0 Å². The fraction of sp³-hybridized carbons (Fsp3) is 0.429. The van der Waals surface area contributed by atoms with Crippen LogP contribution >= 0.6 is 0 Å². The summed E-state index contributed by atoms with van der Waals surface area (Å²) in [5.41, 5.74) is 6.36. The van der Waals surface area contributed by atoms with Gasteiger partial charge in [-0.05, 0) is 24.1 Å². The minimum atomic E-state index is -1.12. The predicted octanol–water partition coefficient (Wildman–Crippen LogP) is 0.631. The van der Waals surface area contributed by atoms with Gasteiger partial charge in [0.1, 0.15) is 11.8 Å². The highest BCUT2D eigenvalue weighted by Crippen LogP contribution is 2.11. The van der Waals surface area contributed by atoms with Gasteiger partial charge in [0.15, 0.2) is 0 Å². The summed E-state index contributed by atoms with van der Waals surface area (Å²) >= 11 is 0. The van der Waals surface area contributed by atoms with Crippen molar-refractivity contribution in [3.8, 4) is 5.75 Å². The molecule has 0 aliphatic carbocycles. The number of aromatic hydroxyl groups is 1. The van der Waals surface area contributed by atoms with Gasteiger partial charge < -0.3 is 21.3 Å². The summed E-state index contributed by atoms with van der Waals surface area (Å²) in [5.74, 6) is -1.47. The Hall–Kier alpha value is -2.08. The molecule has 0 unspecified atom stereocenters. The number of hydrogen-bond acceptors (Lipinski definition) is 4. The molecule has 0 saturated heterocycles. The van der Waals surface area contributed by atoms with Crippen LogP contribution in [0.25, 0.3) is 0 Å². The average molecular weight is 280 g/mol. The van der Waals surface area contributed by atoms with Crippen LogP contribution < -0.4 is 11.1 Å². The molecule has 1 aromatic rings. The van der Waals surface area contributed by atoms with Gasteiger partial charge in [0.2, 0.25) is 5.91 Å². The van der Waals surface area contributed by atoms with Gasteiger partial charge in [0.05, 0.1) is 6.04 Å². The van der Waals surface area contributed by atoms with Gasteiger partial charge in [-0.25, -0.2) is 4.79 Å². The van der Waals surface area contributed by atoms with E-state index in [0.29, 0.717) is 12.0 Å². The Balaban J connectivity index is 2.67. The SMILES string of the molecule is CCC[C@@H](N)C(=O)N[C@@H](Cc1ccc(O)cc1)C(=O)O. The second kappa shape index (κ2) is 7.49. The van der Waals surface area contributed by atoms with E-state index in [1.165, 1.54) is 12.1 Å². The van der Waals surface area contributed by atoms with Gasteiger partial charge in [-0.1, -0.05) is 25.5 Å². The van der Waals surface area contributed by atoms with Gasteiger partial charge in [-0.15, -0.1) is 0 Å². The summed E-state index contributed by atoms with van der Waals surface area (Å²) in [6, 6.07) is 4.45. The number of rotatable bonds is 7. The Bertz CT molecular complexity index is 459. The van der Waals surface area contributed by atoms with Gasteiger partial charge in [0, 0.05) is 6.42 Å². The van der Waals surface area contributed by atoms with Crippen molar-refractivity contribution in [1.82, 2.24) is 5.32 Å². The standard InChI is InChI=1S/C14H20N2O4/c1-2-3-11(15)13(18)16-12(14(19)20)8-9-4-6-10(17)7-5-9/h4-7,11-12,17H,2-3,8,15H2,1H3,(H,16,18)(H,19,20)/t11-,12+/m1/s1. The average Bonchev–Trinajstić information content (AvgIpc) is 2.40. The van der Waals surface area contributed by atoms with E-state index in [0.717, 1.165) is 6.42 Å². The molecule has 1 amide bonds. The number of phenolic OH excluding ortho intramolecular Hbond substituents is 1. The third-order valence-corrected chi connectivity index (χ3v) is 2.93. The summed E-state index contributed by atoms with van der Waals surface area (Å²) in [4.78, 5) is 22.9. The molecular formula is C14H20N2O4. The fourth-order valence-corrected chi connectivity index (χ4v) is 1.79. The molecule has 1 rings (SSSR count). The molecule has 0 radical (unpaired) electrons. The molecule has 0 heterocycles. The molecule has 0 aliphatic heterocycles. The van der Waals surface area contributed by atoms with E-state index >= 15 is 0 Å². The van der Waals surface area contributed by atoms with Crippen molar-refractivity contribution in [3.05, 3.63) is 29.8 Å². The maximum atomic E-state index is 11.8. The molecule has 110 valence electrons. The first-order chi connectivity index (χ1) is 9.43. The van der Waals surface area contributed by atoms with Crippen molar-refractivity contribution >= 4 is 11.9 Å². The lowest BCUT2D eigenvalue weighted by Gasteiger charge is -2.17. The van der Waals surface area contributed by atoms with Gasteiger partial charge >= 0.3 is 5.97 Å². The van der Waals surface area contributed by atoms with E-state index in [9.17, 15) is 14.7 Å². The molecule has 5 N–H and O–H groups in total. The molecule has 6 nitrogen and oxygen atoms in total. The maximum absolute atomic E-state index is 11.8. The smallest absolute Gasteiger partial charge is 0.326 e. The Morgan fingerprint density at radius 3 is 2.40 bits per heavy atom. The zero-order valence-corrected chi connectivity index (χ0v) is 11.4. The zero-order chi connectivity index (χ0) is 15.1. The quantitative estimate of drug-likeness (QED) is 0.585. The lowest BCUT2D eigenvalue weighted by atomic mass is 10.0. The topological polar surface area (TPSA) is 113 Å². The monoisotopic (exact) mass is 280 g/mol. The molecule has 0 bridgehead atoms. The molecule has 0 fully saturated rings. The number of benzene rings is 1. The first-order valence-electron chi connectivity index (χ1n) is 6.50. The number of carboxylic acid groups (broad SMARTS) is 1. The highest BCUT2D eigenvalue weighted by molar-refractivity contribution is 5.86. The van der Waals surface area contributed by atoms with Crippen molar-refractivity contribution in [2.24, 2.45) is 5.73 Å². The Morgan fingerprint density at radius 1 is 1.30 bits per heavy atom. The first-order valence-corrected chi connectivity index (χ1v) is 6.50. The summed E-state index contributed by atoms with van der Waals surface area (Å²) in [5, 5.41) is 20.8. The molecule has 1 aromatic carbocycles. The van der Waals surface area contributed by atoms with Crippen molar-refractivity contribution in [1.29, 1.82) is 0 Å². The summed E-state index contributed by atoms with van der Waals surface area (Å²) in [7, 11) is 0. The number of carbonyl (C=O) groups is 2. The number of aliphatic carboxylic acids is 1. The van der Waals surface area contributed by atoms with E-state index in [4.69, 9.17) is 10.8 Å². The molecule has 0 aliphatic rings.